The highest BCUT2D eigenvalue weighted by Gasteiger charge is 2.25. The molecule has 0 aliphatic carbocycles. The molecular formula is C25H23ClN4OS. The molecule has 2 aromatic carbocycles. The Balaban J connectivity index is 1.40. The van der Waals surface area contributed by atoms with Gasteiger partial charge in [0.25, 0.3) is 5.91 Å². The zero-order valence-electron chi connectivity index (χ0n) is 17.8. The zero-order valence-corrected chi connectivity index (χ0v) is 19.4. The van der Waals surface area contributed by atoms with E-state index in [1.165, 1.54) is 0 Å². The van der Waals surface area contributed by atoms with Crippen LogP contribution in [-0.4, -0.2) is 51.9 Å². The molecule has 5 rings (SSSR count). The van der Waals surface area contributed by atoms with Crippen LogP contribution in [-0.2, 0) is 6.54 Å². The summed E-state index contributed by atoms with van der Waals surface area (Å²) >= 11 is 8.11. The number of carbonyl (C=O) groups excluding carboxylic acids is 1. The number of pyridine rings is 1. The number of hydrogen-bond donors (Lipinski definition) is 0. The van der Waals surface area contributed by atoms with Gasteiger partial charge in [-0.25, -0.2) is 9.97 Å². The molecule has 1 saturated heterocycles. The van der Waals surface area contributed by atoms with Crippen molar-refractivity contribution in [3.05, 3.63) is 81.3 Å². The fourth-order valence-corrected chi connectivity index (χ4v) is 4.98. The lowest BCUT2D eigenvalue weighted by Gasteiger charge is -2.34. The summed E-state index contributed by atoms with van der Waals surface area (Å²) in [6, 6.07) is 17.3. The van der Waals surface area contributed by atoms with Crippen LogP contribution in [0, 0.1) is 6.92 Å². The van der Waals surface area contributed by atoms with Crippen molar-refractivity contribution in [2.24, 2.45) is 0 Å². The maximum absolute atomic E-state index is 13.6. The van der Waals surface area contributed by atoms with Gasteiger partial charge in [-0.3, -0.25) is 9.69 Å². The molecule has 0 saturated carbocycles. The minimum atomic E-state index is 0.0426. The van der Waals surface area contributed by atoms with Crippen molar-refractivity contribution in [1.29, 1.82) is 0 Å². The number of piperazine rings is 1. The second-order valence-corrected chi connectivity index (χ2v) is 9.45. The van der Waals surface area contributed by atoms with E-state index >= 15 is 0 Å². The first-order valence-electron chi connectivity index (χ1n) is 10.7. The van der Waals surface area contributed by atoms with Gasteiger partial charge in [0.1, 0.15) is 0 Å². The molecule has 0 atom stereocenters. The summed E-state index contributed by atoms with van der Waals surface area (Å²) in [6.07, 6.45) is 0. The summed E-state index contributed by atoms with van der Waals surface area (Å²) in [4.78, 5) is 27.2. The number of carbonyl (C=O) groups is 1. The first-order chi connectivity index (χ1) is 15.6. The fourth-order valence-electron chi connectivity index (χ4n) is 4.15. The molecule has 1 fully saturated rings. The number of fused-ring (bicyclic) bond motifs is 1. The van der Waals surface area contributed by atoms with E-state index in [-0.39, 0.29) is 5.91 Å². The molecule has 1 amide bonds. The highest BCUT2D eigenvalue weighted by Crippen LogP contribution is 2.30. The number of nitrogens with zero attached hydrogens (tertiary/aromatic N) is 4. The van der Waals surface area contributed by atoms with Gasteiger partial charge in [0, 0.05) is 54.1 Å². The number of thiazole rings is 1. The van der Waals surface area contributed by atoms with Crippen molar-refractivity contribution < 1.29 is 4.79 Å². The van der Waals surface area contributed by atoms with E-state index in [2.05, 4.69) is 15.3 Å². The predicted octanol–water partition coefficient (Wildman–Crippen LogP) is 5.28. The Morgan fingerprint density at radius 1 is 1.03 bits per heavy atom. The van der Waals surface area contributed by atoms with Crippen LogP contribution in [0.25, 0.3) is 22.2 Å². The number of para-hydroxylation sites is 1. The number of aromatic nitrogens is 2. The van der Waals surface area contributed by atoms with Crippen molar-refractivity contribution in [3.63, 3.8) is 0 Å². The van der Waals surface area contributed by atoms with Gasteiger partial charge in [0.2, 0.25) is 0 Å². The first kappa shape index (κ1) is 21.1. The van der Waals surface area contributed by atoms with Crippen molar-refractivity contribution in [1.82, 2.24) is 19.8 Å². The number of benzene rings is 2. The van der Waals surface area contributed by atoms with Crippen molar-refractivity contribution in [3.8, 4) is 11.3 Å². The van der Waals surface area contributed by atoms with Crippen molar-refractivity contribution in [2.75, 3.05) is 26.2 Å². The van der Waals surface area contributed by atoms with E-state index in [4.69, 9.17) is 16.6 Å². The number of halogens is 1. The topological polar surface area (TPSA) is 49.3 Å². The molecule has 4 aromatic rings. The second-order valence-electron chi connectivity index (χ2n) is 7.98. The van der Waals surface area contributed by atoms with Crippen LogP contribution in [0.4, 0.5) is 0 Å². The standard InChI is InChI=1S/C25H23ClN4OS/c1-17-27-18(16-32-17)15-29-10-12-30(13-11-29)25(31)21-14-24(20-7-2-4-8-22(20)26)28-23-9-5-3-6-19(21)23/h2-9,14,16H,10-13,15H2,1H3. The highest BCUT2D eigenvalue weighted by atomic mass is 35.5. The third-order valence-electron chi connectivity index (χ3n) is 5.81. The minimum Gasteiger partial charge on any atom is -0.336 e. The summed E-state index contributed by atoms with van der Waals surface area (Å²) in [7, 11) is 0. The summed E-state index contributed by atoms with van der Waals surface area (Å²) in [5.41, 5.74) is 4.13. The summed E-state index contributed by atoms with van der Waals surface area (Å²) < 4.78 is 0. The van der Waals surface area contributed by atoms with Gasteiger partial charge >= 0.3 is 0 Å². The predicted molar refractivity (Wildman–Crippen MR) is 130 cm³/mol. The molecule has 0 unspecified atom stereocenters. The lowest BCUT2D eigenvalue weighted by molar-refractivity contribution is 0.0629. The third kappa shape index (κ3) is 4.26. The van der Waals surface area contributed by atoms with Crippen LogP contribution in [0.2, 0.25) is 5.02 Å². The van der Waals surface area contributed by atoms with Gasteiger partial charge in [-0.05, 0) is 25.1 Å². The van der Waals surface area contributed by atoms with Gasteiger partial charge in [-0.15, -0.1) is 11.3 Å². The van der Waals surface area contributed by atoms with Crippen molar-refractivity contribution in [2.45, 2.75) is 13.5 Å². The number of rotatable bonds is 4. The van der Waals surface area contributed by atoms with E-state index in [9.17, 15) is 4.79 Å². The molecule has 0 bridgehead atoms. The van der Waals surface area contributed by atoms with Crippen LogP contribution in [0.3, 0.4) is 0 Å². The molecular weight excluding hydrogens is 440 g/mol. The van der Waals surface area contributed by atoms with E-state index in [1.807, 2.05) is 66.4 Å². The molecule has 1 aliphatic rings. The summed E-state index contributed by atoms with van der Waals surface area (Å²) in [5, 5.41) is 4.70. The SMILES string of the molecule is Cc1nc(CN2CCN(C(=O)c3cc(-c4ccccc4Cl)nc4ccccc34)CC2)cs1. The average molecular weight is 463 g/mol. The van der Waals surface area contributed by atoms with Crippen molar-refractivity contribution >= 4 is 39.7 Å². The zero-order chi connectivity index (χ0) is 22.1. The Morgan fingerprint density at radius 3 is 2.53 bits per heavy atom. The highest BCUT2D eigenvalue weighted by molar-refractivity contribution is 7.09. The summed E-state index contributed by atoms with van der Waals surface area (Å²) in [5.74, 6) is 0.0426. The van der Waals surface area contributed by atoms with Gasteiger partial charge in [-0.1, -0.05) is 48.0 Å². The molecule has 0 spiro atoms. The quantitative estimate of drug-likeness (QED) is 0.414. The Labute approximate surface area is 196 Å². The van der Waals surface area contributed by atoms with E-state index in [1.54, 1.807) is 11.3 Å². The van der Waals surface area contributed by atoms with Crippen LogP contribution in [0.5, 0.6) is 0 Å². The fraction of sp³-hybridized carbons (Fsp3) is 0.240. The normalized spacial score (nSPS) is 14.8. The monoisotopic (exact) mass is 462 g/mol. The molecule has 7 heteroatoms. The average Bonchev–Trinajstić information content (AvgIpc) is 3.23. The maximum atomic E-state index is 13.6. The lowest BCUT2D eigenvalue weighted by atomic mass is 10.0. The number of aryl methyl sites for hydroxylation is 1. The van der Waals surface area contributed by atoms with Gasteiger partial charge < -0.3 is 4.90 Å². The number of hydrogen-bond acceptors (Lipinski definition) is 5. The summed E-state index contributed by atoms with van der Waals surface area (Å²) in [6.45, 7) is 5.92. The van der Waals surface area contributed by atoms with Crippen LogP contribution in [0.15, 0.2) is 60.0 Å². The second kappa shape index (κ2) is 8.98. The Bertz CT molecular complexity index is 1280. The molecule has 3 heterocycles. The lowest BCUT2D eigenvalue weighted by Crippen LogP contribution is -2.48. The molecule has 1 aliphatic heterocycles. The molecule has 32 heavy (non-hydrogen) atoms. The minimum absolute atomic E-state index is 0.0426. The molecule has 5 nitrogen and oxygen atoms in total. The largest absolute Gasteiger partial charge is 0.336 e. The van der Waals surface area contributed by atoms with E-state index in [0.717, 1.165) is 52.5 Å². The Morgan fingerprint density at radius 2 is 1.78 bits per heavy atom. The van der Waals surface area contributed by atoms with Gasteiger partial charge in [-0.2, -0.15) is 0 Å². The Kier molecular flexibility index (Phi) is 5.91. The first-order valence-corrected chi connectivity index (χ1v) is 11.9. The smallest absolute Gasteiger partial charge is 0.254 e. The van der Waals surface area contributed by atoms with E-state index in [0.29, 0.717) is 23.7 Å². The van der Waals surface area contributed by atoms with Gasteiger partial charge in [0.05, 0.1) is 27.5 Å². The molecule has 0 N–H and O–H groups in total. The van der Waals surface area contributed by atoms with Crippen LogP contribution >= 0.6 is 22.9 Å². The molecule has 0 radical (unpaired) electrons. The maximum Gasteiger partial charge on any atom is 0.254 e. The third-order valence-corrected chi connectivity index (χ3v) is 6.96. The van der Waals surface area contributed by atoms with Gasteiger partial charge in [0.15, 0.2) is 0 Å². The molecule has 2 aromatic heterocycles. The van der Waals surface area contributed by atoms with E-state index < -0.39 is 0 Å². The van der Waals surface area contributed by atoms with Crippen LogP contribution in [0.1, 0.15) is 21.1 Å². The Hall–Kier alpha value is -2.80. The van der Waals surface area contributed by atoms with Crippen LogP contribution < -0.4 is 0 Å². The number of amides is 1. The molecule has 162 valence electrons.